The standard InChI is InChI=1S/C20H17F2NO5S/c1-26-16-11-13(7-8-15(16)28-19(21)22)12-17-18(24)23(20(25)29-17)9-10-27-14-5-3-2-4-6-14/h2-8,11-12,19H,9-10H2,1H3/b17-12-. The fraction of sp³-hybridized carbons (Fsp3) is 0.200. The molecule has 9 heteroatoms. The monoisotopic (exact) mass is 421 g/mol. The summed E-state index contributed by atoms with van der Waals surface area (Å²) in [6, 6.07) is 13.3. The van der Waals surface area contributed by atoms with Crippen molar-refractivity contribution >= 4 is 29.0 Å². The number of carbonyl (C=O) groups excluding carboxylic acids is 2. The van der Waals surface area contributed by atoms with E-state index in [1.807, 2.05) is 18.2 Å². The van der Waals surface area contributed by atoms with Crippen LogP contribution in [-0.4, -0.2) is 42.9 Å². The van der Waals surface area contributed by atoms with Crippen molar-refractivity contribution < 1.29 is 32.6 Å². The molecule has 0 radical (unpaired) electrons. The van der Waals surface area contributed by atoms with E-state index in [1.54, 1.807) is 12.1 Å². The maximum absolute atomic E-state index is 12.5. The number of ether oxygens (including phenoxy) is 3. The summed E-state index contributed by atoms with van der Waals surface area (Å²) in [5.41, 5.74) is 0.509. The molecule has 2 aromatic rings. The number of halogens is 2. The first-order chi connectivity index (χ1) is 14.0. The molecule has 0 saturated carbocycles. The van der Waals surface area contributed by atoms with Crippen LogP contribution in [0.3, 0.4) is 0 Å². The Hall–Kier alpha value is -3.07. The molecule has 0 aromatic heterocycles. The number of thioether (sulfide) groups is 1. The molecule has 2 aromatic carbocycles. The van der Waals surface area contributed by atoms with Crippen molar-refractivity contribution in [2.75, 3.05) is 20.3 Å². The highest BCUT2D eigenvalue weighted by Gasteiger charge is 2.34. The van der Waals surface area contributed by atoms with E-state index in [2.05, 4.69) is 4.74 Å². The van der Waals surface area contributed by atoms with Gasteiger partial charge in [-0.3, -0.25) is 14.5 Å². The number of methoxy groups -OCH3 is 1. The fourth-order valence-electron chi connectivity index (χ4n) is 2.58. The van der Waals surface area contributed by atoms with Gasteiger partial charge in [-0.05, 0) is 47.7 Å². The van der Waals surface area contributed by atoms with E-state index < -0.39 is 17.8 Å². The Morgan fingerprint density at radius 1 is 1.10 bits per heavy atom. The van der Waals surface area contributed by atoms with Gasteiger partial charge in [-0.1, -0.05) is 24.3 Å². The Labute approximate surface area is 170 Å². The van der Waals surface area contributed by atoms with Crippen LogP contribution in [0.15, 0.2) is 53.4 Å². The summed E-state index contributed by atoms with van der Waals surface area (Å²) < 4.78 is 39.8. The number of amides is 2. The Morgan fingerprint density at radius 3 is 2.55 bits per heavy atom. The average molecular weight is 421 g/mol. The molecule has 1 aliphatic heterocycles. The van der Waals surface area contributed by atoms with Gasteiger partial charge in [-0.2, -0.15) is 8.78 Å². The number of rotatable bonds is 8. The van der Waals surface area contributed by atoms with Gasteiger partial charge < -0.3 is 14.2 Å². The molecule has 3 rings (SSSR count). The lowest BCUT2D eigenvalue weighted by Gasteiger charge is -2.13. The first kappa shape index (κ1) is 20.7. The lowest BCUT2D eigenvalue weighted by Crippen LogP contribution is -2.32. The molecule has 6 nitrogen and oxygen atoms in total. The van der Waals surface area contributed by atoms with Crippen LogP contribution >= 0.6 is 11.8 Å². The smallest absolute Gasteiger partial charge is 0.387 e. The third-order valence-electron chi connectivity index (χ3n) is 3.90. The quantitative estimate of drug-likeness (QED) is 0.589. The van der Waals surface area contributed by atoms with Gasteiger partial charge in [0.05, 0.1) is 18.6 Å². The zero-order chi connectivity index (χ0) is 20.8. The number of hydrogen-bond acceptors (Lipinski definition) is 6. The first-order valence-corrected chi connectivity index (χ1v) is 9.35. The molecule has 0 atom stereocenters. The highest BCUT2D eigenvalue weighted by Crippen LogP contribution is 2.34. The van der Waals surface area contributed by atoms with Gasteiger partial charge in [-0.25, -0.2) is 0 Å². The van der Waals surface area contributed by atoms with E-state index in [0.717, 1.165) is 16.7 Å². The minimum atomic E-state index is -2.98. The van der Waals surface area contributed by atoms with Crippen LogP contribution in [0.1, 0.15) is 5.56 Å². The summed E-state index contributed by atoms with van der Waals surface area (Å²) in [6.07, 6.45) is 1.50. The van der Waals surface area contributed by atoms with Crippen LogP contribution in [0, 0.1) is 0 Å². The van der Waals surface area contributed by atoms with Crippen molar-refractivity contribution in [1.29, 1.82) is 0 Å². The SMILES string of the molecule is COc1cc(/C=C2\SC(=O)N(CCOc3ccccc3)C2=O)ccc1OC(F)F. The van der Waals surface area contributed by atoms with Gasteiger partial charge in [0.2, 0.25) is 0 Å². The van der Waals surface area contributed by atoms with Crippen LogP contribution in [0.4, 0.5) is 13.6 Å². The molecule has 0 bridgehead atoms. The number of hydrogen-bond donors (Lipinski definition) is 0. The highest BCUT2D eigenvalue weighted by molar-refractivity contribution is 8.18. The van der Waals surface area contributed by atoms with Crippen molar-refractivity contribution in [3.8, 4) is 17.2 Å². The molecule has 0 aliphatic carbocycles. The van der Waals surface area contributed by atoms with Crippen molar-refractivity contribution in [1.82, 2.24) is 4.90 Å². The maximum Gasteiger partial charge on any atom is 0.387 e. The number of benzene rings is 2. The van der Waals surface area contributed by atoms with Crippen molar-refractivity contribution in [2.24, 2.45) is 0 Å². The Kier molecular flexibility index (Phi) is 6.71. The van der Waals surface area contributed by atoms with Crippen LogP contribution in [-0.2, 0) is 4.79 Å². The van der Waals surface area contributed by atoms with Crippen molar-refractivity contribution in [3.05, 3.63) is 59.0 Å². The summed E-state index contributed by atoms with van der Waals surface area (Å²) in [4.78, 5) is 26.0. The largest absolute Gasteiger partial charge is 0.493 e. The number of para-hydroxylation sites is 1. The van der Waals surface area contributed by atoms with Crippen molar-refractivity contribution in [3.63, 3.8) is 0 Å². The van der Waals surface area contributed by atoms with E-state index in [0.29, 0.717) is 11.3 Å². The predicted molar refractivity (Wildman–Crippen MR) is 104 cm³/mol. The second kappa shape index (κ2) is 9.42. The summed E-state index contributed by atoms with van der Waals surface area (Å²) in [5, 5.41) is -0.400. The molecule has 1 aliphatic rings. The Morgan fingerprint density at radius 2 is 1.86 bits per heavy atom. The average Bonchev–Trinajstić information content (AvgIpc) is 2.97. The molecule has 0 unspecified atom stereocenters. The third kappa shape index (κ3) is 5.26. The topological polar surface area (TPSA) is 65.1 Å². The second-order valence-corrected chi connectivity index (χ2v) is 6.78. The number of nitrogens with zero attached hydrogens (tertiary/aromatic N) is 1. The van der Waals surface area contributed by atoms with E-state index >= 15 is 0 Å². The van der Waals surface area contributed by atoms with Crippen LogP contribution in [0.25, 0.3) is 6.08 Å². The van der Waals surface area contributed by atoms with Crippen molar-refractivity contribution in [2.45, 2.75) is 6.61 Å². The molecule has 0 N–H and O–H groups in total. The summed E-state index contributed by atoms with van der Waals surface area (Å²) in [5.74, 6) is 0.178. The minimum absolute atomic E-state index is 0.0922. The number of alkyl halides is 2. The van der Waals surface area contributed by atoms with Gasteiger partial charge in [-0.15, -0.1) is 0 Å². The minimum Gasteiger partial charge on any atom is -0.493 e. The summed E-state index contributed by atoms with van der Waals surface area (Å²) >= 11 is 0.802. The molecule has 1 saturated heterocycles. The normalized spacial score (nSPS) is 15.3. The van der Waals surface area contributed by atoms with E-state index in [9.17, 15) is 18.4 Å². The second-order valence-electron chi connectivity index (χ2n) is 5.78. The first-order valence-electron chi connectivity index (χ1n) is 8.54. The number of carbonyl (C=O) groups is 2. The summed E-state index contributed by atoms with van der Waals surface area (Å²) in [7, 11) is 1.32. The van der Waals surface area contributed by atoms with Crippen LogP contribution < -0.4 is 14.2 Å². The Bertz CT molecular complexity index is 920. The van der Waals surface area contributed by atoms with E-state index in [4.69, 9.17) is 9.47 Å². The predicted octanol–water partition coefficient (Wildman–Crippen LogP) is 4.41. The van der Waals surface area contributed by atoms with Gasteiger partial charge >= 0.3 is 6.61 Å². The van der Waals surface area contributed by atoms with Gasteiger partial charge in [0, 0.05) is 0 Å². The molecule has 1 fully saturated rings. The molecular weight excluding hydrogens is 404 g/mol. The zero-order valence-corrected chi connectivity index (χ0v) is 16.2. The van der Waals surface area contributed by atoms with Gasteiger partial charge in [0.25, 0.3) is 11.1 Å². The fourth-order valence-corrected chi connectivity index (χ4v) is 3.45. The van der Waals surface area contributed by atoms with E-state index in [-0.39, 0.29) is 29.6 Å². The van der Waals surface area contributed by atoms with E-state index in [1.165, 1.54) is 31.4 Å². The zero-order valence-electron chi connectivity index (χ0n) is 15.3. The van der Waals surface area contributed by atoms with Gasteiger partial charge in [0.1, 0.15) is 12.4 Å². The number of imide groups is 1. The molecule has 152 valence electrons. The molecular formula is C20H17F2NO5S. The molecule has 29 heavy (non-hydrogen) atoms. The third-order valence-corrected chi connectivity index (χ3v) is 4.81. The lowest BCUT2D eigenvalue weighted by molar-refractivity contribution is -0.123. The molecule has 2 amide bonds. The molecule has 0 spiro atoms. The summed E-state index contributed by atoms with van der Waals surface area (Å²) in [6.45, 7) is -2.70. The van der Waals surface area contributed by atoms with Crippen LogP contribution in [0.2, 0.25) is 0 Å². The van der Waals surface area contributed by atoms with Gasteiger partial charge in [0.15, 0.2) is 11.5 Å². The highest BCUT2D eigenvalue weighted by atomic mass is 32.2. The Balaban J connectivity index is 1.67. The molecule has 1 heterocycles. The lowest BCUT2D eigenvalue weighted by atomic mass is 10.2. The van der Waals surface area contributed by atoms with Crippen LogP contribution in [0.5, 0.6) is 17.2 Å². The maximum atomic E-state index is 12.5.